The first-order chi connectivity index (χ1) is 21.4. The summed E-state index contributed by atoms with van der Waals surface area (Å²) in [7, 11) is -4.02. The summed E-state index contributed by atoms with van der Waals surface area (Å²) >= 11 is 0. The highest BCUT2D eigenvalue weighted by Gasteiger charge is 2.28. The Kier molecular flexibility index (Phi) is 8.41. The molecule has 0 aliphatic rings. The van der Waals surface area contributed by atoms with Crippen molar-refractivity contribution in [3.63, 3.8) is 0 Å². The molecule has 0 saturated carbocycles. The van der Waals surface area contributed by atoms with Gasteiger partial charge < -0.3 is 9.15 Å². The Hall–Kier alpha value is -4.98. The summed E-state index contributed by atoms with van der Waals surface area (Å²) in [5, 5.41) is 1.06. The van der Waals surface area contributed by atoms with E-state index >= 15 is 0 Å². The third-order valence-corrected chi connectivity index (χ3v) is 8.91. The largest absolute Gasteiger partial charge is 0.465 e. The van der Waals surface area contributed by atoms with Crippen molar-refractivity contribution in [1.82, 2.24) is 4.72 Å². The van der Waals surface area contributed by atoms with Gasteiger partial charge in [0.2, 0.25) is 10.0 Å². The van der Waals surface area contributed by atoms with E-state index in [9.17, 15) is 13.2 Å². The Morgan fingerprint density at radius 3 is 1.95 bits per heavy atom. The van der Waals surface area contributed by atoms with E-state index < -0.39 is 22.0 Å². The van der Waals surface area contributed by atoms with Crippen LogP contribution in [0.15, 0.2) is 143 Å². The van der Waals surface area contributed by atoms with Gasteiger partial charge >= 0.3 is 5.97 Å². The second-order valence-electron chi connectivity index (χ2n) is 10.4. The van der Waals surface area contributed by atoms with Crippen molar-refractivity contribution in [2.45, 2.75) is 24.3 Å². The summed E-state index contributed by atoms with van der Waals surface area (Å²) in [6.45, 7) is 1.82. The van der Waals surface area contributed by atoms with Gasteiger partial charge in [0.25, 0.3) is 0 Å². The molecule has 0 fully saturated rings. The number of hydrogen-bond acceptors (Lipinski definition) is 5. The van der Waals surface area contributed by atoms with Gasteiger partial charge in [-0.15, -0.1) is 0 Å². The van der Waals surface area contributed by atoms with Gasteiger partial charge in [-0.05, 0) is 52.9 Å². The summed E-state index contributed by atoms with van der Waals surface area (Å²) in [6.07, 6.45) is 0.678. The number of carbonyl (C=O) groups excluding carboxylic acids is 1. The molecule has 1 heterocycles. The minimum atomic E-state index is -4.02. The van der Waals surface area contributed by atoms with Crippen LogP contribution in [0.1, 0.15) is 29.9 Å². The first kappa shape index (κ1) is 29.1. The molecule has 1 unspecified atom stereocenters. The molecule has 0 aliphatic heterocycles. The first-order valence-corrected chi connectivity index (χ1v) is 15.9. The van der Waals surface area contributed by atoms with Gasteiger partial charge in [0.1, 0.15) is 17.4 Å². The highest BCUT2D eigenvalue weighted by atomic mass is 32.2. The summed E-state index contributed by atoms with van der Waals surface area (Å²) < 4.78 is 40.6. The molecule has 0 aliphatic carbocycles. The maximum atomic E-state index is 13.3. The maximum absolute atomic E-state index is 13.3. The molecule has 44 heavy (non-hydrogen) atoms. The van der Waals surface area contributed by atoms with Gasteiger partial charge in [-0.1, -0.05) is 115 Å². The van der Waals surface area contributed by atoms with E-state index in [4.69, 9.17) is 9.15 Å². The molecule has 0 amide bonds. The molecule has 0 spiro atoms. The number of sulfonamides is 1. The normalized spacial score (nSPS) is 12.2. The molecule has 1 aromatic heterocycles. The van der Waals surface area contributed by atoms with Crippen molar-refractivity contribution >= 4 is 27.0 Å². The van der Waals surface area contributed by atoms with E-state index in [2.05, 4.69) is 35.1 Å². The van der Waals surface area contributed by atoms with Crippen molar-refractivity contribution in [3.8, 4) is 22.3 Å². The fourth-order valence-corrected chi connectivity index (χ4v) is 6.49. The van der Waals surface area contributed by atoms with Crippen molar-refractivity contribution < 1.29 is 22.4 Å². The predicted molar refractivity (Wildman–Crippen MR) is 172 cm³/mol. The van der Waals surface area contributed by atoms with Gasteiger partial charge in [0.15, 0.2) is 0 Å². The Morgan fingerprint density at radius 1 is 0.727 bits per heavy atom. The number of hydrogen-bond donors (Lipinski definition) is 1. The molecule has 6 aromatic rings. The smallest absolute Gasteiger partial charge is 0.328 e. The molecule has 7 heteroatoms. The van der Waals surface area contributed by atoms with Crippen LogP contribution in [0.25, 0.3) is 33.2 Å². The monoisotopic (exact) mass is 601 g/mol. The molecule has 220 valence electrons. The van der Waals surface area contributed by atoms with E-state index in [1.54, 1.807) is 61.5 Å². The lowest BCUT2D eigenvalue weighted by Gasteiger charge is -2.18. The molecule has 1 N–H and O–H groups in total. The molecule has 6 rings (SSSR count). The molecular weight excluding hydrogens is 570 g/mol. The topological polar surface area (TPSA) is 85.6 Å². The minimum absolute atomic E-state index is 0.0542. The quantitative estimate of drug-likeness (QED) is 0.161. The Bertz CT molecular complexity index is 1980. The summed E-state index contributed by atoms with van der Waals surface area (Å²) in [5.74, 6) is 0.250. The average Bonchev–Trinajstić information content (AvgIpc) is 3.42. The Morgan fingerprint density at radius 2 is 1.30 bits per heavy atom. The van der Waals surface area contributed by atoms with Crippen molar-refractivity contribution in [1.29, 1.82) is 0 Å². The third kappa shape index (κ3) is 6.20. The average molecular weight is 602 g/mol. The lowest BCUT2D eigenvalue weighted by Crippen LogP contribution is -2.35. The van der Waals surface area contributed by atoms with Crippen LogP contribution in [0.3, 0.4) is 0 Å². The lowest BCUT2D eigenvalue weighted by atomic mass is 9.96. The van der Waals surface area contributed by atoms with Crippen LogP contribution in [0.4, 0.5) is 0 Å². The van der Waals surface area contributed by atoms with Crippen LogP contribution in [0, 0.1) is 0 Å². The fourth-order valence-electron chi connectivity index (χ4n) is 5.32. The first-order valence-electron chi connectivity index (χ1n) is 14.4. The number of fused-ring (bicyclic) bond motifs is 1. The zero-order valence-electron chi connectivity index (χ0n) is 24.1. The summed E-state index contributed by atoms with van der Waals surface area (Å²) in [5.41, 5.74) is 6.44. The van der Waals surface area contributed by atoms with Gasteiger partial charge in [0, 0.05) is 17.4 Å². The number of furan rings is 1. The Labute approximate surface area is 257 Å². The van der Waals surface area contributed by atoms with Gasteiger partial charge in [-0.25, -0.2) is 13.2 Å². The van der Waals surface area contributed by atoms with Crippen LogP contribution in [-0.4, -0.2) is 21.0 Å². The van der Waals surface area contributed by atoms with Crippen molar-refractivity contribution in [2.75, 3.05) is 6.61 Å². The summed E-state index contributed by atoms with van der Waals surface area (Å²) in [6, 6.07) is 40.6. The van der Waals surface area contributed by atoms with Crippen molar-refractivity contribution in [3.05, 3.63) is 150 Å². The summed E-state index contributed by atoms with van der Waals surface area (Å²) in [4.78, 5) is 12.7. The number of nitrogens with one attached hydrogen (secondary N) is 1. The van der Waals surface area contributed by atoms with Gasteiger partial charge in [-0.3, -0.25) is 0 Å². The second-order valence-corrected chi connectivity index (χ2v) is 12.1. The zero-order valence-corrected chi connectivity index (χ0v) is 25.0. The molecule has 6 nitrogen and oxygen atoms in total. The zero-order chi connectivity index (χ0) is 30.5. The Balaban J connectivity index is 1.25. The number of esters is 1. The fraction of sp³-hybridized carbons (Fsp3) is 0.108. The van der Waals surface area contributed by atoms with Crippen LogP contribution < -0.4 is 4.72 Å². The van der Waals surface area contributed by atoms with Gasteiger partial charge in [-0.2, -0.15) is 4.72 Å². The highest BCUT2D eigenvalue weighted by Crippen LogP contribution is 2.37. The van der Waals surface area contributed by atoms with E-state index in [0.29, 0.717) is 12.0 Å². The molecule has 0 radical (unpaired) electrons. The second kappa shape index (κ2) is 12.7. The predicted octanol–water partition coefficient (Wildman–Crippen LogP) is 7.94. The van der Waals surface area contributed by atoms with Gasteiger partial charge in [0.05, 0.1) is 11.5 Å². The molecule has 1 atom stereocenters. The van der Waals surface area contributed by atoms with Crippen LogP contribution in [0.2, 0.25) is 0 Å². The highest BCUT2D eigenvalue weighted by molar-refractivity contribution is 7.89. The lowest BCUT2D eigenvalue weighted by molar-refractivity contribution is -0.145. The molecular formula is C37H31NO5S. The number of para-hydroxylation sites is 1. The van der Waals surface area contributed by atoms with E-state index in [1.807, 2.05) is 48.5 Å². The number of rotatable bonds is 10. The van der Waals surface area contributed by atoms with E-state index in [-0.39, 0.29) is 11.5 Å². The van der Waals surface area contributed by atoms with Crippen molar-refractivity contribution in [2.24, 2.45) is 0 Å². The maximum Gasteiger partial charge on any atom is 0.328 e. The number of benzene rings is 5. The van der Waals surface area contributed by atoms with Crippen LogP contribution in [0.5, 0.6) is 0 Å². The van der Waals surface area contributed by atoms with Crippen LogP contribution in [-0.2, 0) is 26.0 Å². The van der Waals surface area contributed by atoms with Crippen LogP contribution >= 0.6 is 0 Å². The SMILES string of the molecule is CCOC(=O)C(NS(=O)(=O)c1ccc(-c2ccc(-c3c(Cc4ccccc4)oc4ccccc34)cc2)cc1)c1ccccc1. The third-order valence-electron chi connectivity index (χ3n) is 7.48. The number of ether oxygens (including phenoxy) is 1. The van der Waals surface area contributed by atoms with E-state index in [1.165, 1.54) is 5.56 Å². The molecule has 0 saturated heterocycles. The molecule has 5 aromatic carbocycles. The molecule has 0 bridgehead atoms. The van der Waals surface area contributed by atoms with E-state index in [0.717, 1.165) is 39.0 Å². The standard InChI is InChI=1S/C37H31NO5S/c1-2-42-37(39)36(30-13-7-4-8-14-30)38-44(40,41)31-23-21-28(22-24-31)27-17-19-29(20-18-27)35-32-15-9-10-16-33(32)43-34(35)25-26-11-5-3-6-12-26/h3-24,36,38H,2,25H2,1H3. The number of carbonyl (C=O) groups is 1. The minimum Gasteiger partial charge on any atom is -0.465 e.